The molecule has 0 bridgehead atoms. The normalized spacial score (nSPS) is 13.1. The van der Waals surface area contributed by atoms with Crippen LogP contribution in [0.1, 0.15) is 12.0 Å². The van der Waals surface area contributed by atoms with Crippen LogP contribution in [-0.4, -0.2) is 32.3 Å². The van der Waals surface area contributed by atoms with Crippen molar-refractivity contribution < 1.29 is 19.1 Å². The molecule has 2 aromatic carbocycles. The van der Waals surface area contributed by atoms with Crippen LogP contribution in [0, 0.1) is 0 Å². The van der Waals surface area contributed by atoms with Gasteiger partial charge < -0.3 is 14.4 Å². The molecule has 0 radical (unpaired) electrons. The van der Waals surface area contributed by atoms with Gasteiger partial charge in [-0.3, -0.25) is 10.1 Å². The molecule has 1 aliphatic heterocycles. The van der Waals surface area contributed by atoms with Crippen molar-refractivity contribution in [3.63, 3.8) is 0 Å². The number of nitrogens with zero attached hydrogens (tertiary/aromatic N) is 1. The third-order valence-corrected chi connectivity index (χ3v) is 3.97. The number of methoxy groups -OCH3 is 1. The van der Waals surface area contributed by atoms with E-state index in [2.05, 4.69) is 5.32 Å². The summed E-state index contributed by atoms with van der Waals surface area (Å²) < 4.78 is 10.2. The van der Waals surface area contributed by atoms with E-state index >= 15 is 0 Å². The second-order valence-electron chi connectivity index (χ2n) is 5.75. The van der Waals surface area contributed by atoms with Crippen LogP contribution in [-0.2, 0) is 16.0 Å². The van der Waals surface area contributed by atoms with Gasteiger partial charge in [0.05, 0.1) is 0 Å². The Balaban J connectivity index is 1.70. The minimum atomic E-state index is -0.547. The molecule has 0 aromatic heterocycles. The minimum absolute atomic E-state index is 0.0584. The zero-order chi connectivity index (χ0) is 17.6. The maximum atomic E-state index is 12.1. The molecular weight excluding hydrogens is 320 g/mol. The number of aryl methyl sites for hydroxylation is 1. The van der Waals surface area contributed by atoms with Gasteiger partial charge in [0.25, 0.3) is 5.91 Å². The van der Waals surface area contributed by atoms with E-state index in [1.54, 1.807) is 35.2 Å². The molecule has 2 aromatic rings. The van der Waals surface area contributed by atoms with Crippen LogP contribution in [0.25, 0.3) is 0 Å². The molecule has 2 amide bonds. The summed E-state index contributed by atoms with van der Waals surface area (Å²) in [5.41, 5.74) is 2.53. The summed E-state index contributed by atoms with van der Waals surface area (Å²) in [5.74, 6) is 0.418. The van der Waals surface area contributed by atoms with E-state index in [4.69, 9.17) is 9.47 Å². The Hall–Kier alpha value is -2.86. The number of fused-ring (bicyclic) bond motifs is 1. The smallest absolute Gasteiger partial charge is 0.410 e. The Kier molecular flexibility index (Phi) is 5.30. The monoisotopic (exact) mass is 340 g/mol. The van der Waals surface area contributed by atoms with Gasteiger partial charge in [-0.1, -0.05) is 18.2 Å². The van der Waals surface area contributed by atoms with Gasteiger partial charge in [0, 0.05) is 25.0 Å². The molecule has 1 heterocycles. The predicted molar refractivity (Wildman–Crippen MR) is 95.1 cm³/mol. The fourth-order valence-corrected chi connectivity index (χ4v) is 2.87. The summed E-state index contributed by atoms with van der Waals surface area (Å²) >= 11 is 0. The first-order valence-electron chi connectivity index (χ1n) is 8.13. The van der Waals surface area contributed by atoms with Crippen molar-refractivity contribution >= 4 is 23.4 Å². The second kappa shape index (κ2) is 7.81. The summed E-state index contributed by atoms with van der Waals surface area (Å²) in [6.45, 7) is 0.737. The average Bonchev–Trinajstić information content (AvgIpc) is 2.62. The van der Waals surface area contributed by atoms with Crippen molar-refractivity contribution in [2.24, 2.45) is 0 Å². The van der Waals surface area contributed by atoms with Crippen molar-refractivity contribution in [1.82, 2.24) is 0 Å². The van der Waals surface area contributed by atoms with Gasteiger partial charge in [0.1, 0.15) is 12.4 Å². The highest BCUT2D eigenvalue weighted by molar-refractivity contribution is 5.96. The molecule has 0 saturated carbocycles. The van der Waals surface area contributed by atoms with Crippen LogP contribution < -0.4 is 15.0 Å². The molecule has 6 heteroatoms. The second-order valence-corrected chi connectivity index (χ2v) is 5.75. The number of hydrogen-bond donors (Lipinski definition) is 1. The van der Waals surface area contributed by atoms with Gasteiger partial charge >= 0.3 is 6.09 Å². The van der Waals surface area contributed by atoms with Gasteiger partial charge in [-0.2, -0.15) is 0 Å². The van der Waals surface area contributed by atoms with Gasteiger partial charge in [0.15, 0.2) is 0 Å². The number of hydrogen-bond acceptors (Lipinski definition) is 4. The molecule has 0 unspecified atom stereocenters. The topological polar surface area (TPSA) is 67.9 Å². The van der Waals surface area contributed by atoms with Crippen LogP contribution in [0.15, 0.2) is 48.5 Å². The Morgan fingerprint density at radius 3 is 2.72 bits per heavy atom. The first-order valence-corrected chi connectivity index (χ1v) is 8.13. The number of anilines is 2. The van der Waals surface area contributed by atoms with Crippen LogP contribution in [0.2, 0.25) is 0 Å². The fourth-order valence-electron chi connectivity index (χ4n) is 2.87. The highest BCUT2D eigenvalue weighted by Gasteiger charge is 2.22. The van der Waals surface area contributed by atoms with Crippen LogP contribution in [0.3, 0.4) is 0 Å². The zero-order valence-electron chi connectivity index (χ0n) is 14.0. The van der Waals surface area contributed by atoms with Crippen molar-refractivity contribution in [2.75, 3.05) is 30.5 Å². The summed E-state index contributed by atoms with van der Waals surface area (Å²) in [5, 5.41) is 2.72. The number of carbonyl (C=O) groups excluding carboxylic acids is 2. The summed E-state index contributed by atoms with van der Waals surface area (Å²) in [7, 11) is 1.51. The third kappa shape index (κ3) is 4.16. The maximum absolute atomic E-state index is 12.1. The molecule has 0 spiro atoms. The number of amides is 2. The molecule has 130 valence electrons. The Morgan fingerprint density at radius 2 is 1.96 bits per heavy atom. The van der Waals surface area contributed by atoms with Crippen LogP contribution in [0.5, 0.6) is 5.75 Å². The maximum Gasteiger partial charge on any atom is 0.417 e. The molecule has 1 N–H and O–H groups in total. The predicted octanol–water partition coefficient (Wildman–Crippen LogP) is 3.22. The molecule has 0 fully saturated rings. The number of para-hydroxylation sites is 1. The van der Waals surface area contributed by atoms with E-state index in [0.717, 1.165) is 24.1 Å². The van der Waals surface area contributed by atoms with E-state index in [9.17, 15) is 9.59 Å². The molecule has 1 aliphatic rings. The van der Waals surface area contributed by atoms with E-state index in [1.807, 2.05) is 18.2 Å². The van der Waals surface area contributed by atoms with Crippen molar-refractivity contribution in [3.8, 4) is 5.75 Å². The largest absolute Gasteiger partial charge is 0.417 e. The lowest BCUT2D eigenvalue weighted by molar-refractivity contribution is -0.122. The number of carbonyl (C=O) groups is 2. The van der Waals surface area contributed by atoms with Gasteiger partial charge in [-0.25, -0.2) is 4.79 Å². The number of benzene rings is 2. The molecule has 0 aliphatic carbocycles. The van der Waals surface area contributed by atoms with Crippen molar-refractivity contribution in [3.05, 3.63) is 54.1 Å². The quantitative estimate of drug-likeness (QED) is 0.928. The molecule has 3 rings (SSSR count). The highest BCUT2D eigenvalue weighted by Crippen LogP contribution is 2.30. The average molecular weight is 340 g/mol. The lowest BCUT2D eigenvalue weighted by Gasteiger charge is -2.29. The van der Waals surface area contributed by atoms with E-state index < -0.39 is 6.09 Å². The molecule has 0 atom stereocenters. The highest BCUT2D eigenvalue weighted by atomic mass is 16.6. The van der Waals surface area contributed by atoms with E-state index in [-0.39, 0.29) is 12.5 Å². The summed E-state index contributed by atoms with van der Waals surface area (Å²) in [6.07, 6.45) is 1.18. The van der Waals surface area contributed by atoms with E-state index in [1.165, 1.54) is 7.11 Å². The molecule has 6 nitrogen and oxygen atoms in total. The number of ether oxygens (including phenoxy) is 2. The number of nitrogens with one attached hydrogen (secondary N) is 1. The standard InChI is InChI=1S/C19H20N2O4/c1-24-13-18(22)21-11-5-6-14-12-15(9-10-17(14)21)20-19(23)25-16-7-3-2-4-8-16/h2-4,7-10,12H,5-6,11,13H2,1H3,(H,20,23). The molecule has 25 heavy (non-hydrogen) atoms. The van der Waals surface area contributed by atoms with Gasteiger partial charge in [-0.05, 0) is 48.7 Å². The van der Waals surface area contributed by atoms with Crippen LogP contribution >= 0.6 is 0 Å². The molecular formula is C19H20N2O4. The van der Waals surface area contributed by atoms with Crippen molar-refractivity contribution in [1.29, 1.82) is 0 Å². The Labute approximate surface area is 146 Å². The van der Waals surface area contributed by atoms with Gasteiger partial charge in [0.2, 0.25) is 0 Å². The SMILES string of the molecule is COCC(=O)N1CCCc2cc(NC(=O)Oc3ccccc3)ccc21. The first kappa shape index (κ1) is 17.0. The first-order chi connectivity index (χ1) is 12.2. The zero-order valence-corrected chi connectivity index (χ0v) is 14.0. The molecule has 0 saturated heterocycles. The lowest BCUT2D eigenvalue weighted by Crippen LogP contribution is -2.37. The van der Waals surface area contributed by atoms with Crippen molar-refractivity contribution in [2.45, 2.75) is 12.8 Å². The summed E-state index contributed by atoms with van der Waals surface area (Å²) in [4.78, 5) is 25.9. The van der Waals surface area contributed by atoms with E-state index in [0.29, 0.717) is 18.0 Å². The summed E-state index contributed by atoms with van der Waals surface area (Å²) in [6, 6.07) is 14.4. The fraction of sp³-hybridized carbons (Fsp3) is 0.263. The third-order valence-electron chi connectivity index (χ3n) is 3.97. The number of rotatable bonds is 4. The van der Waals surface area contributed by atoms with Crippen LogP contribution in [0.4, 0.5) is 16.2 Å². The minimum Gasteiger partial charge on any atom is -0.410 e. The van der Waals surface area contributed by atoms with Gasteiger partial charge in [-0.15, -0.1) is 0 Å². The Morgan fingerprint density at radius 1 is 1.16 bits per heavy atom. The Bertz CT molecular complexity index is 761. The lowest BCUT2D eigenvalue weighted by atomic mass is 10.0.